The number of nitrogens with zero attached hydrogens (tertiary/aromatic N) is 2. The van der Waals surface area contributed by atoms with Crippen molar-refractivity contribution in [2.45, 2.75) is 19.3 Å². The van der Waals surface area contributed by atoms with Gasteiger partial charge in [-0.1, -0.05) is 0 Å². The molecule has 3 heteroatoms. The predicted molar refractivity (Wildman–Crippen MR) is 54.0 cm³/mol. The number of amides is 1. The molecular formula is C11H14N2O. The summed E-state index contributed by atoms with van der Waals surface area (Å²) in [7, 11) is 0. The van der Waals surface area contributed by atoms with E-state index >= 15 is 0 Å². The second-order valence-corrected chi connectivity index (χ2v) is 3.59. The first-order chi connectivity index (χ1) is 6.88. The minimum absolute atomic E-state index is 0.145. The number of piperidine rings is 1. The first-order valence-corrected chi connectivity index (χ1v) is 5.07. The fourth-order valence-electron chi connectivity index (χ4n) is 1.77. The van der Waals surface area contributed by atoms with Crippen LogP contribution < -0.4 is 0 Å². The van der Waals surface area contributed by atoms with E-state index in [1.54, 1.807) is 24.5 Å². The molecule has 74 valence electrons. The first kappa shape index (κ1) is 9.19. The Balaban J connectivity index is 2.07. The van der Waals surface area contributed by atoms with Crippen LogP contribution in [0.25, 0.3) is 0 Å². The summed E-state index contributed by atoms with van der Waals surface area (Å²) in [5.74, 6) is 0.145. The minimum atomic E-state index is 0.145. The number of hydrogen-bond donors (Lipinski definition) is 0. The molecule has 2 heterocycles. The van der Waals surface area contributed by atoms with Gasteiger partial charge in [-0.2, -0.15) is 0 Å². The number of likely N-dealkylation sites (tertiary alicyclic amines) is 1. The lowest BCUT2D eigenvalue weighted by atomic mass is 10.1. The quantitative estimate of drug-likeness (QED) is 0.675. The molecule has 1 aromatic rings. The van der Waals surface area contributed by atoms with E-state index in [9.17, 15) is 4.79 Å². The fourth-order valence-corrected chi connectivity index (χ4v) is 1.77. The van der Waals surface area contributed by atoms with Crippen molar-refractivity contribution in [2.24, 2.45) is 0 Å². The highest BCUT2D eigenvalue weighted by molar-refractivity contribution is 5.94. The maximum Gasteiger partial charge on any atom is 0.253 e. The molecule has 14 heavy (non-hydrogen) atoms. The maximum absolute atomic E-state index is 11.9. The third-order valence-electron chi connectivity index (χ3n) is 2.57. The summed E-state index contributed by atoms with van der Waals surface area (Å²) in [4.78, 5) is 17.7. The van der Waals surface area contributed by atoms with Crippen molar-refractivity contribution < 1.29 is 4.79 Å². The van der Waals surface area contributed by atoms with Crippen LogP contribution in [0.2, 0.25) is 0 Å². The summed E-state index contributed by atoms with van der Waals surface area (Å²) in [6.45, 7) is 1.81. The highest BCUT2D eigenvalue weighted by Crippen LogP contribution is 2.12. The van der Waals surface area contributed by atoms with Crippen LogP contribution in [0, 0.1) is 0 Å². The van der Waals surface area contributed by atoms with Crippen molar-refractivity contribution in [3.8, 4) is 0 Å². The zero-order valence-corrected chi connectivity index (χ0v) is 8.15. The van der Waals surface area contributed by atoms with Gasteiger partial charge >= 0.3 is 0 Å². The zero-order chi connectivity index (χ0) is 9.80. The Kier molecular flexibility index (Phi) is 2.77. The van der Waals surface area contributed by atoms with Crippen LogP contribution in [-0.2, 0) is 0 Å². The number of hydrogen-bond acceptors (Lipinski definition) is 2. The van der Waals surface area contributed by atoms with Crippen LogP contribution in [-0.4, -0.2) is 28.9 Å². The van der Waals surface area contributed by atoms with E-state index in [2.05, 4.69) is 4.98 Å². The molecule has 3 nitrogen and oxygen atoms in total. The smallest absolute Gasteiger partial charge is 0.253 e. The number of pyridine rings is 1. The minimum Gasteiger partial charge on any atom is -0.339 e. The Morgan fingerprint density at radius 2 is 1.79 bits per heavy atom. The van der Waals surface area contributed by atoms with E-state index in [0.29, 0.717) is 0 Å². The van der Waals surface area contributed by atoms with Crippen molar-refractivity contribution >= 4 is 5.91 Å². The standard InChI is InChI=1S/C11H14N2O/c14-11(10-4-6-12-7-5-10)13-8-2-1-3-9-13/h4-7H,1-3,8-9H2. The summed E-state index contributed by atoms with van der Waals surface area (Å²) in [6.07, 6.45) is 6.85. The molecule has 0 atom stereocenters. The van der Waals surface area contributed by atoms with Crippen molar-refractivity contribution in [3.05, 3.63) is 30.1 Å². The average molecular weight is 190 g/mol. The molecule has 0 aromatic carbocycles. The second kappa shape index (κ2) is 4.22. The summed E-state index contributed by atoms with van der Waals surface area (Å²) >= 11 is 0. The molecule has 2 rings (SSSR count). The van der Waals surface area contributed by atoms with Gasteiger partial charge in [-0.15, -0.1) is 0 Å². The molecule has 0 radical (unpaired) electrons. The van der Waals surface area contributed by atoms with Gasteiger partial charge in [0, 0.05) is 31.0 Å². The number of rotatable bonds is 1. The number of carbonyl (C=O) groups is 1. The van der Waals surface area contributed by atoms with E-state index in [-0.39, 0.29) is 5.91 Å². The SMILES string of the molecule is O=C(c1ccncc1)N1CCCCC1. The third-order valence-corrected chi connectivity index (χ3v) is 2.57. The largest absolute Gasteiger partial charge is 0.339 e. The topological polar surface area (TPSA) is 33.2 Å². The van der Waals surface area contributed by atoms with E-state index in [4.69, 9.17) is 0 Å². The van der Waals surface area contributed by atoms with E-state index < -0.39 is 0 Å². The lowest BCUT2D eigenvalue weighted by molar-refractivity contribution is 0.0724. The molecule has 0 unspecified atom stereocenters. The Bertz CT molecular complexity index is 304. The van der Waals surface area contributed by atoms with Crippen molar-refractivity contribution in [1.82, 2.24) is 9.88 Å². The monoisotopic (exact) mass is 190 g/mol. The lowest BCUT2D eigenvalue weighted by Crippen LogP contribution is -2.35. The molecule has 0 N–H and O–H groups in total. The van der Waals surface area contributed by atoms with Crippen molar-refractivity contribution in [3.63, 3.8) is 0 Å². The molecule has 0 aliphatic carbocycles. The van der Waals surface area contributed by atoms with Gasteiger partial charge in [0.25, 0.3) is 5.91 Å². The average Bonchev–Trinajstić information content (AvgIpc) is 2.30. The van der Waals surface area contributed by atoms with Crippen LogP contribution >= 0.6 is 0 Å². The van der Waals surface area contributed by atoms with Crippen LogP contribution in [0.3, 0.4) is 0 Å². The second-order valence-electron chi connectivity index (χ2n) is 3.59. The molecule has 0 spiro atoms. The maximum atomic E-state index is 11.9. The van der Waals surface area contributed by atoms with Gasteiger partial charge in [-0.3, -0.25) is 9.78 Å². The molecule has 0 bridgehead atoms. The van der Waals surface area contributed by atoms with Gasteiger partial charge in [-0.25, -0.2) is 0 Å². The Hall–Kier alpha value is -1.38. The molecule has 1 aromatic heterocycles. The number of aromatic nitrogens is 1. The lowest BCUT2D eigenvalue weighted by Gasteiger charge is -2.26. The Morgan fingerprint density at radius 3 is 2.43 bits per heavy atom. The van der Waals surface area contributed by atoms with Crippen molar-refractivity contribution in [2.75, 3.05) is 13.1 Å². The van der Waals surface area contributed by atoms with Gasteiger partial charge in [0.1, 0.15) is 0 Å². The summed E-state index contributed by atoms with van der Waals surface area (Å²) < 4.78 is 0. The number of carbonyl (C=O) groups excluding carboxylic acids is 1. The highest BCUT2D eigenvalue weighted by Gasteiger charge is 2.17. The first-order valence-electron chi connectivity index (χ1n) is 5.07. The molecular weight excluding hydrogens is 176 g/mol. The van der Waals surface area contributed by atoms with Gasteiger partial charge in [0.15, 0.2) is 0 Å². The molecule has 1 aliphatic rings. The van der Waals surface area contributed by atoms with Crippen LogP contribution in [0.4, 0.5) is 0 Å². The van der Waals surface area contributed by atoms with Crippen LogP contribution in [0.5, 0.6) is 0 Å². The zero-order valence-electron chi connectivity index (χ0n) is 8.15. The molecule has 1 amide bonds. The van der Waals surface area contributed by atoms with E-state index in [1.165, 1.54) is 6.42 Å². The normalized spacial score (nSPS) is 16.7. The van der Waals surface area contributed by atoms with Gasteiger partial charge < -0.3 is 4.90 Å². The van der Waals surface area contributed by atoms with Gasteiger partial charge in [-0.05, 0) is 31.4 Å². The summed E-state index contributed by atoms with van der Waals surface area (Å²) in [6, 6.07) is 3.55. The predicted octanol–water partition coefficient (Wildman–Crippen LogP) is 1.71. The third kappa shape index (κ3) is 1.92. The summed E-state index contributed by atoms with van der Waals surface area (Å²) in [5, 5.41) is 0. The van der Waals surface area contributed by atoms with Gasteiger partial charge in [0.2, 0.25) is 0 Å². The van der Waals surface area contributed by atoms with E-state index in [1.807, 2.05) is 4.90 Å². The summed E-state index contributed by atoms with van der Waals surface area (Å²) in [5.41, 5.74) is 0.752. The molecule has 1 aliphatic heterocycles. The van der Waals surface area contributed by atoms with Crippen LogP contribution in [0.1, 0.15) is 29.6 Å². The van der Waals surface area contributed by atoms with E-state index in [0.717, 1.165) is 31.5 Å². The Labute approximate surface area is 83.8 Å². The highest BCUT2D eigenvalue weighted by atomic mass is 16.2. The molecule has 1 saturated heterocycles. The molecule has 0 saturated carbocycles. The Morgan fingerprint density at radius 1 is 1.14 bits per heavy atom. The van der Waals surface area contributed by atoms with Gasteiger partial charge in [0.05, 0.1) is 0 Å². The van der Waals surface area contributed by atoms with Crippen LogP contribution in [0.15, 0.2) is 24.5 Å². The van der Waals surface area contributed by atoms with Crippen molar-refractivity contribution in [1.29, 1.82) is 0 Å². The fraction of sp³-hybridized carbons (Fsp3) is 0.455. The molecule has 1 fully saturated rings.